The van der Waals surface area contributed by atoms with Crippen molar-refractivity contribution in [1.29, 1.82) is 0 Å². The summed E-state index contributed by atoms with van der Waals surface area (Å²) in [6.07, 6.45) is 5.05. The van der Waals surface area contributed by atoms with Gasteiger partial charge in [-0.1, -0.05) is 60.7 Å². The molecule has 3 heterocycles. The smallest absolute Gasteiger partial charge is 0.235 e. The number of fused-ring (bicyclic) bond motifs is 3. The van der Waals surface area contributed by atoms with Crippen LogP contribution in [0.2, 0.25) is 0 Å². The number of para-hydroxylation sites is 1. The van der Waals surface area contributed by atoms with Crippen LogP contribution in [0.15, 0.2) is 66.7 Å². The molecule has 6 nitrogen and oxygen atoms in total. The maximum atomic E-state index is 12.9. The summed E-state index contributed by atoms with van der Waals surface area (Å²) in [4.78, 5) is 17.8. The van der Waals surface area contributed by atoms with E-state index >= 15 is 0 Å². The average molecular weight is 490 g/mol. The van der Waals surface area contributed by atoms with Gasteiger partial charge in [0.25, 0.3) is 0 Å². The van der Waals surface area contributed by atoms with Crippen LogP contribution in [-0.2, 0) is 16.8 Å². The highest BCUT2D eigenvalue weighted by Gasteiger charge is 2.65. The number of anilines is 1. The second-order valence-electron chi connectivity index (χ2n) is 10.8. The first kappa shape index (κ1) is 22.5. The average Bonchev–Trinajstić information content (AvgIpc) is 3.46. The number of piperazine rings is 1. The normalized spacial score (nSPS) is 23.7. The minimum absolute atomic E-state index is 0.126. The van der Waals surface area contributed by atoms with Crippen LogP contribution in [0.25, 0.3) is 23.1 Å². The number of carbonyl (C=O) groups excluding carboxylic acids is 1. The topological polar surface area (TPSA) is 64.3 Å². The fourth-order valence-corrected chi connectivity index (χ4v) is 6.13. The van der Waals surface area contributed by atoms with Crippen molar-refractivity contribution >= 4 is 34.6 Å². The molecule has 37 heavy (non-hydrogen) atoms. The van der Waals surface area contributed by atoms with Gasteiger partial charge in [0, 0.05) is 49.7 Å². The third-order valence-electron chi connectivity index (χ3n) is 8.46. The van der Waals surface area contributed by atoms with Crippen molar-refractivity contribution in [3.8, 4) is 0 Å². The van der Waals surface area contributed by atoms with Crippen LogP contribution < -0.4 is 5.32 Å². The Morgan fingerprint density at radius 2 is 1.81 bits per heavy atom. The summed E-state index contributed by atoms with van der Waals surface area (Å²) in [5, 5.41) is 11.9. The number of amides is 1. The summed E-state index contributed by atoms with van der Waals surface area (Å²) < 4.78 is 0. The van der Waals surface area contributed by atoms with Crippen molar-refractivity contribution in [2.75, 3.05) is 38.5 Å². The maximum Gasteiger partial charge on any atom is 0.235 e. The molecule has 3 aliphatic rings. The van der Waals surface area contributed by atoms with Gasteiger partial charge < -0.3 is 10.2 Å². The van der Waals surface area contributed by atoms with E-state index in [1.165, 1.54) is 16.7 Å². The highest BCUT2D eigenvalue weighted by Crippen LogP contribution is 2.64. The molecule has 186 valence electrons. The SMILES string of the molecule is CN1CCN(Cc2ccc(/C=C/c3n[nH]c4cc([C@@H]5CC56C(=O)Nc5ccccc56)ccc34)cc2)CC1. The van der Waals surface area contributed by atoms with Crippen molar-refractivity contribution in [2.24, 2.45) is 0 Å². The van der Waals surface area contributed by atoms with E-state index in [0.29, 0.717) is 0 Å². The summed E-state index contributed by atoms with van der Waals surface area (Å²) >= 11 is 0. The molecule has 1 saturated carbocycles. The number of nitrogens with one attached hydrogen (secondary N) is 2. The van der Waals surface area contributed by atoms with Crippen molar-refractivity contribution in [3.63, 3.8) is 0 Å². The van der Waals surface area contributed by atoms with Gasteiger partial charge in [0.2, 0.25) is 5.91 Å². The van der Waals surface area contributed by atoms with Gasteiger partial charge >= 0.3 is 0 Å². The van der Waals surface area contributed by atoms with E-state index in [9.17, 15) is 4.79 Å². The van der Waals surface area contributed by atoms with Gasteiger partial charge in [-0.25, -0.2) is 0 Å². The molecule has 2 N–H and O–H groups in total. The van der Waals surface area contributed by atoms with E-state index in [-0.39, 0.29) is 11.8 Å². The molecule has 4 aromatic rings. The molecule has 0 bridgehead atoms. The summed E-state index contributed by atoms with van der Waals surface area (Å²) in [6, 6.07) is 23.4. The third-order valence-corrected chi connectivity index (χ3v) is 8.46. The predicted molar refractivity (Wildman–Crippen MR) is 148 cm³/mol. The Morgan fingerprint density at radius 1 is 1.00 bits per heavy atom. The van der Waals surface area contributed by atoms with Crippen LogP contribution in [0.5, 0.6) is 0 Å². The second kappa shape index (κ2) is 8.68. The molecule has 7 rings (SSSR count). The molecular formula is C31H31N5O. The van der Waals surface area contributed by atoms with Crippen molar-refractivity contribution in [1.82, 2.24) is 20.0 Å². The van der Waals surface area contributed by atoms with Crippen molar-refractivity contribution in [2.45, 2.75) is 24.3 Å². The lowest BCUT2D eigenvalue weighted by atomic mass is 9.92. The van der Waals surface area contributed by atoms with Crippen LogP contribution in [0.3, 0.4) is 0 Å². The molecule has 1 aliphatic carbocycles. The fourth-order valence-electron chi connectivity index (χ4n) is 6.13. The van der Waals surface area contributed by atoms with E-state index in [0.717, 1.165) is 67.0 Å². The highest BCUT2D eigenvalue weighted by atomic mass is 16.2. The number of hydrogen-bond acceptors (Lipinski definition) is 4. The number of aromatic nitrogens is 2. The first-order valence-corrected chi connectivity index (χ1v) is 13.2. The van der Waals surface area contributed by atoms with Crippen LogP contribution in [0.4, 0.5) is 5.69 Å². The van der Waals surface area contributed by atoms with Crippen LogP contribution >= 0.6 is 0 Å². The third kappa shape index (κ3) is 3.88. The Labute approximate surface area is 217 Å². The minimum Gasteiger partial charge on any atom is -0.325 e. The van der Waals surface area contributed by atoms with Crippen LogP contribution in [0, 0.1) is 0 Å². The summed E-state index contributed by atoms with van der Waals surface area (Å²) in [5.74, 6) is 0.328. The number of benzene rings is 3. The van der Waals surface area contributed by atoms with Gasteiger partial charge in [-0.3, -0.25) is 14.8 Å². The molecule has 2 fully saturated rings. The zero-order chi connectivity index (χ0) is 25.0. The fraction of sp³-hybridized carbons (Fsp3) is 0.290. The van der Waals surface area contributed by atoms with Gasteiger partial charge in [-0.15, -0.1) is 0 Å². The Balaban J connectivity index is 1.06. The number of rotatable bonds is 5. The summed E-state index contributed by atoms with van der Waals surface area (Å²) in [5.41, 5.74) is 7.33. The zero-order valence-corrected chi connectivity index (χ0v) is 21.1. The van der Waals surface area contributed by atoms with E-state index in [2.05, 4.69) is 93.0 Å². The highest BCUT2D eigenvalue weighted by molar-refractivity contribution is 6.09. The predicted octanol–water partition coefficient (Wildman–Crippen LogP) is 4.86. The zero-order valence-electron chi connectivity index (χ0n) is 21.1. The van der Waals surface area contributed by atoms with Crippen LogP contribution in [-0.4, -0.2) is 59.1 Å². The van der Waals surface area contributed by atoms with Gasteiger partial charge in [0.1, 0.15) is 0 Å². The molecule has 1 saturated heterocycles. The van der Waals surface area contributed by atoms with Gasteiger partial charge in [-0.2, -0.15) is 5.10 Å². The summed E-state index contributed by atoms with van der Waals surface area (Å²) in [7, 11) is 2.19. The molecule has 1 spiro atoms. The van der Waals surface area contributed by atoms with E-state index < -0.39 is 5.41 Å². The van der Waals surface area contributed by atoms with Gasteiger partial charge in [0.15, 0.2) is 0 Å². The lowest BCUT2D eigenvalue weighted by Crippen LogP contribution is -2.43. The quantitative estimate of drug-likeness (QED) is 0.420. The molecule has 2 aliphatic heterocycles. The first-order chi connectivity index (χ1) is 18.1. The van der Waals surface area contributed by atoms with Gasteiger partial charge in [0.05, 0.1) is 16.6 Å². The number of aromatic amines is 1. The largest absolute Gasteiger partial charge is 0.325 e. The molecule has 0 radical (unpaired) electrons. The Hall–Kier alpha value is -3.74. The molecule has 2 atom stereocenters. The van der Waals surface area contributed by atoms with E-state index in [4.69, 9.17) is 0 Å². The second-order valence-corrected chi connectivity index (χ2v) is 10.8. The van der Waals surface area contributed by atoms with Crippen molar-refractivity contribution < 1.29 is 4.79 Å². The minimum atomic E-state index is -0.413. The number of H-pyrrole nitrogens is 1. The Morgan fingerprint density at radius 3 is 2.65 bits per heavy atom. The van der Waals surface area contributed by atoms with Gasteiger partial charge in [-0.05, 0) is 53.9 Å². The van der Waals surface area contributed by atoms with Crippen LogP contribution in [0.1, 0.15) is 40.3 Å². The molecular weight excluding hydrogens is 458 g/mol. The monoisotopic (exact) mass is 489 g/mol. The molecule has 3 aromatic carbocycles. The number of carbonyl (C=O) groups is 1. The lowest BCUT2D eigenvalue weighted by molar-refractivity contribution is -0.118. The number of likely N-dealkylation sites (N-methyl/N-ethyl adjacent to an activating group) is 1. The Kier molecular flexibility index (Phi) is 5.27. The lowest BCUT2D eigenvalue weighted by Gasteiger charge is -2.32. The summed E-state index contributed by atoms with van der Waals surface area (Å²) in [6.45, 7) is 5.57. The number of nitrogens with zero attached hydrogens (tertiary/aromatic N) is 3. The van der Waals surface area contributed by atoms with E-state index in [1.807, 2.05) is 18.2 Å². The first-order valence-electron chi connectivity index (χ1n) is 13.2. The number of hydrogen-bond donors (Lipinski definition) is 2. The maximum absolute atomic E-state index is 12.9. The molecule has 1 aromatic heterocycles. The standard InChI is InChI=1S/C31H31N5O/c1-35-14-16-36(17-15-35)20-22-8-6-21(7-9-22)10-13-27-24-12-11-23(18-29(24)34-33-27)26-19-31(26)25-4-2-3-5-28(25)32-30(31)37/h2-13,18,26H,14-17,19-20H2,1H3,(H,32,37)(H,33,34)/b13-10+/t26-,31?/m0/s1. The van der Waals surface area contributed by atoms with E-state index in [1.54, 1.807) is 0 Å². The van der Waals surface area contributed by atoms with Crippen molar-refractivity contribution in [3.05, 3.63) is 94.7 Å². The molecule has 1 unspecified atom stereocenters. The Bertz CT molecular complexity index is 1510. The molecule has 1 amide bonds. The molecule has 6 heteroatoms.